The van der Waals surface area contributed by atoms with Gasteiger partial charge in [-0.3, -0.25) is 0 Å². The second-order valence-electron chi connectivity index (χ2n) is 15.1. The third kappa shape index (κ3) is 11.8. The molecule has 5 heterocycles. The summed E-state index contributed by atoms with van der Waals surface area (Å²) in [5.74, 6) is 2.43. The number of hydrogen-bond acceptors (Lipinski definition) is 21. The third-order valence-electron chi connectivity index (χ3n) is 10.5. The standard InChI is InChI=1S/C46H52N16O3S2/c47-17-19-49-41-55-43(53-33-11-3-1-9-31(33)39-51-35-13-5-7-15-37(35)66-39)59-45(57-41)61-21-25-63-26-22-62(24-28-65-30-29-64-27-23-61)46-58-42(50-20-18-48)56-44(60-46)54-34-12-4-2-10-32(34)40-52-36-14-6-8-16-38(36)67-40/h1-16H,17-30,47-48H2,(H2,49,53,55,57,59)(H2,50,54,56,58,60). The van der Waals surface area contributed by atoms with E-state index in [2.05, 4.69) is 33.4 Å². The molecule has 346 valence electrons. The number of nitrogens with two attached hydrogens (primary N) is 2. The van der Waals surface area contributed by atoms with E-state index in [1.807, 2.05) is 94.7 Å². The molecule has 21 heteroatoms. The smallest absolute Gasteiger partial charge is 0.233 e. The van der Waals surface area contributed by atoms with Crippen LogP contribution in [0.25, 0.3) is 41.6 Å². The predicted octanol–water partition coefficient (Wildman–Crippen LogP) is 6.21. The molecule has 1 saturated heterocycles. The number of benzene rings is 4. The van der Waals surface area contributed by atoms with Crippen LogP contribution < -0.4 is 42.5 Å². The fraction of sp³-hybridized carbons (Fsp3) is 0.304. The van der Waals surface area contributed by atoms with Crippen LogP contribution >= 0.6 is 22.7 Å². The highest BCUT2D eigenvalue weighted by atomic mass is 32.1. The van der Waals surface area contributed by atoms with Gasteiger partial charge in [0.25, 0.3) is 0 Å². The summed E-state index contributed by atoms with van der Waals surface area (Å²) >= 11 is 3.27. The molecule has 0 bridgehead atoms. The third-order valence-corrected chi connectivity index (χ3v) is 12.6. The number of hydrogen-bond donors (Lipinski definition) is 6. The van der Waals surface area contributed by atoms with Gasteiger partial charge in [0.15, 0.2) is 0 Å². The van der Waals surface area contributed by atoms with Crippen LogP contribution in [0.1, 0.15) is 0 Å². The van der Waals surface area contributed by atoms with Crippen LogP contribution in [0.3, 0.4) is 0 Å². The van der Waals surface area contributed by atoms with Crippen molar-refractivity contribution in [1.82, 2.24) is 39.9 Å². The molecule has 0 atom stereocenters. The minimum atomic E-state index is 0.367. The minimum absolute atomic E-state index is 0.367. The average Bonchev–Trinajstić information content (AvgIpc) is 3.99. The number of nitrogens with zero attached hydrogens (tertiary/aromatic N) is 10. The van der Waals surface area contributed by atoms with Gasteiger partial charge < -0.3 is 56.7 Å². The van der Waals surface area contributed by atoms with Crippen LogP contribution in [0, 0.1) is 0 Å². The monoisotopic (exact) mass is 940 g/mol. The summed E-state index contributed by atoms with van der Waals surface area (Å²) in [5.41, 5.74) is 17.2. The van der Waals surface area contributed by atoms with Crippen LogP contribution in [0.4, 0.5) is 47.1 Å². The Balaban J connectivity index is 0.922. The zero-order valence-electron chi connectivity index (χ0n) is 36.8. The summed E-state index contributed by atoms with van der Waals surface area (Å²) in [7, 11) is 0. The van der Waals surface area contributed by atoms with Crippen molar-refractivity contribution >= 4 is 90.2 Å². The lowest BCUT2D eigenvalue weighted by atomic mass is 10.2. The van der Waals surface area contributed by atoms with E-state index in [4.69, 9.17) is 65.5 Å². The maximum atomic E-state index is 6.32. The number of nitrogens with one attached hydrogen (secondary N) is 4. The Bertz CT molecular complexity index is 2610. The molecule has 8 aromatic rings. The van der Waals surface area contributed by atoms with Gasteiger partial charge in [-0.05, 0) is 48.5 Å². The van der Waals surface area contributed by atoms with Crippen molar-refractivity contribution in [2.24, 2.45) is 11.5 Å². The second-order valence-corrected chi connectivity index (χ2v) is 17.2. The highest BCUT2D eigenvalue weighted by Gasteiger charge is 2.20. The number of para-hydroxylation sites is 4. The molecule has 1 fully saturated rings. The normalized spacial score (nSPS) is 14.4. The van der Waals surface area contributed by atoms with E-state index in [9.17, 15) is 0 Å². The van der Waals surface area contributed by atoms with Crippen molar-refractivity contribution in [2.45, 2.75) is 0 Å². The second kappa shape index (κ2) is 22.7. The number of fused-ring (bicyclic) bond motifs is 2. The summed E-state index contributed by atoms with van der Waals surface area (Å²) in [6, 6.07) is 32.2. The molecular weight excluding hydrogens is 889 g/mol. The zero-order chi connectivity index (χ0) is 45.6. The van der Waals surface area contributed by atoms with Crippen molar-refractivity contribution in [3.05, 3.63) is 97.1 Å². The largest absolute Gasteiger partial charge is 0.378 e. The van der Waals surface area contributed by atoms with E-state index in [0.29, 0.717) is 128 Å². The fourth-order valence-corrected chi connectivity index (χ4v) is 9.18. The quantitative estimate of drug-likeness (QED) is 0.0710. The number of thiazole rings is 2. The molecular formula is C46H52N16O3S2. The van der Waals surface area contributed by atoms with Crippen LogP contribution in [-0.4, -0.2) is 132 Å². The first kappa shape index (κ1) is 45.4. The van der Waals surface area contributed by atoms with Gasteiger partial charge in [0, 0.05) is 63.5 Å². The lowest BCUT2D eigenvalue weighted by Crippen LogP contribution is -2.35. The van der Waals surface area contributed by atoms with Crippen LogP contribution in [0.5, 0.6) is 0 Å². The lowest BCUT2D eigenvalue weighted by Gasteiger charge is -2.25. The lowest BCUT2D eigenvalue weighted by molar-refractivity contribution is 0.0529. The van der Waals surface area contributed by atoms with Gasteiger partial charge in [-0.25, -0.2) is 9.97 Å². The molecule has 4 aromatic carbocycles. The average molecular weight is 941 g/mol. The van der Waals surface area contributed by atoms with Gasteiger partial charge in [-0.1, -0.05) is 48.5 Å². The van der Waals surface area contributed by atoms with E-state index in [1.54, 1.807) is 22.7 Å². The molecule has 0 spiro atoms. The highest BCUT2D eigenvalue weighted by molar-refractivity contribution is 7.22. The van der Waals surface area contributed by atoms with E-state index in [1.165, 1.54) is 0 Å². The number of aromatic nitrogens is 8. The zero-order valence-corrected chi connectivity index (χ0v) is 38.4. The Morgan fingerprint density at radius 3 is 1.27 bits per heavy atom. The van der Waals surface area contributed by atoms with Gasteiger partial charge in [0.1, 0.15) is 10.0 Å². The van der Waals surface area contributed by atoms with Crippen molar-refractivity contribution < 1.29 is 14.2 Å². The number of ether oxygens (including phenoxy) is 3. The Morgan fingerprint density at radius 2 is 0.836 bits per heavy atom. The molecule has 1 aliphatic rings. The molecule has 67 heavy (non-hydrogen) atoms. The first-order chi connectivity index (χ1) is 33.1. The highest BCUT2D eigenvalue weighted by Crippen LogP contribution is 2.37. The number of rotatable bonds is 14. The van der Waals surface area contributed by atoms with Gasteiger partial charge in [-0.2, -0.15) is 29.9 Å². The molecule has 0 amide bonds. The molecule has 0 saturated carbocycles. The van der Waals surface area contributed by atoms with E-state index < -0.39 is 0 Å². The summed E-state index contributed by atoms with van der Waals surface area (Å²) in [5, 5.41) is 15.2. The van der Waals surface area contributed by atoms with Crippen LogP contribution in [0.15, 0.2) is 97.1 Å². The van der Waals surface area contributed by atoms with Crippen molar-refractivity contribution in [2.75, 3.05) is 123 Å². The molecule has 0 radical (unpaired) electrons. The molecule has 8 N–H and O–H groups in total. The predicted molar refractivity (Wildman–Crippen MR) is 268 cm³/mol. The van der Waals surface area contributed by atoms with Crippen LogP contribution in [-0.2, 0) is 14.2 Å². The minimum Gasteiger partial charge on any atom is -0.378 e. The SMILES string of the molecule is NCCNc1nc(Nc2ccccc2-c2nc3ccccc3s2)nc(N2CCOCCOCCN(c3nc(NCCN)nc(Nc4ccccc4-c4nc5ccccc5s4)n3)CCOCC2)n1. The van der Waals surface area contributed by atoms with Crippen LogP contribution in [0.2, 0.25) is 0 Å². The molecule has 9 rings (SSSR count). The molecule has 4 aromatic heterocycles. The summed E-state index contributed by atoms with van der Waals surface area (Å²) in [6.45, 7) is 6.11. The van der Waals surface area contributed by atoms with E-state index >= 15 is 0 Å². The van der Waals surface area contributed by atoms with E-state index in [-0.39, 0.29) is 0 Å². The Morgan fingerprint density at radius 1 is 0.448 bits per heavy atom. The van der Waals surface area contributed by atoms with Gasteiger partial charge in [0.2, 0.25) is 35.7 Å². The topological polar surface area (TPSA) is 237 Å². The molecule has 0 aliphatic carbocycles. The van der Waals surface area contributed by atoms with Gasteiger partial charge >= 0.3 is 0 Å². The summed E-state index contributed by atoms with van der Waals surface area (Å²) in [4.78, 5) is 42.8. The number of anilines is 8. The van der Waals surface area contributed by atoms with Gasteiger partial charge in [-0.15, -0.1) is 22.7 Å². The molecule has 0 unspecified atom stereocenters. The van der Waals surface area contributed by atoms with Crippen molar-refractivity contribution in [3.63, 3.8) is 0 Å². The fourth-order valence-electron chi connectivity index (χ4n) is 7.17. The first-order valence-corrected chi connectivity index (χ1v) is 23.8. The maximum absolute atomic E-state index is 6.32. The Kier molecular flexibility index (Phi) is 15.4. The van der Waals surface area contributed by atoms with Gasteiger partial charge in [0.05, 0.1) is 71.4 Å². The van der Waals surface area contributed by atoms with E-state index in [0.717, 1.165) is 53.0 Å². The molecule has 1 aliphatic heterocycles. The van der Waals surface area contributed by atoms with Crippen molar-refractivity contribution in [3.8, 4) is 21.1 Å². The first-order valence-electron chi connectivity index (χ1n) is 22.2. The summed E-state index contributed by atoms with van der Waals surface area (Å²) < 4.78 is 20.7. The van der Waals surface area contributed by atoms with Crippen molar-refractivity contribution in [1.29, 1.82) is 0 Å². The Hall–Kier alpha value is -6.72. The maximum Gasteiger partial charge on any atom is 0.233 e. The Labute approximate surface area is 395 Å². The summed E-state index contributed by atoms with van der Waals surface area (Å²) in [6.07, 6.45) is 0. The molecule has 19 nitrogen and oxygen atoms in total.